The van der Waals surface area contributed by atoms with Gasteiger partial charge in [0, 0.05) is 24.1 Å². The van der Waals surface area contributed by atoms with Gasteiger partial charge in [-0.3, -0.25) is 4.79 Å². The van der Waals surface area contributed by atoms with Crippen molar-refractivity contribution in [2.75, 3.05) is 13.6 Å². The number of benzene rings is 1. The summed E-state index contributed by atoms with van der Waals surface area (Å²) in [6.07, 6.45) is 0.289. The van der Waals surface area contributed by atoms with E-state index in [0.29, 0.717) is 18.2 Å². The van der Waals surface area contributed by atoms with E-state index in [4.69, 9.17) is 10.5 Å². The van der Waals surface area contributed by atoms with Crippen molar-refractivity contribution < 1.29 is 9.53 Å². The molecule has 0 aliphatic heterocycles. The molecule has 0 radical (unpaired) electrons. The van der Waals surface area contributed by atoms with Crippen LogP contribution in [-0.2, 0) is 4.79 Å². The number of rotatable bonds is 7. The monoisotopic (exact) mass is 356 g/mol. The second kappa shape index (κ2) is 8.39. The lowest BCUT2D eigenvalue weighted by Crippen LogP contribution is -2.40. The highest BCUT2D eigenvalue weighted by atomic mass is 79.9. The fraction of sp³-hybridized carbons (Fsp3) is 0.562. The number of halogens is 1. The van der Waals surface area contributed by atoms with Gasteiger partial charge >= 0.3 is 0 Å². The van der Waals surface area contributed by atoms with Gasteiger partial charge in [0.05, 0.1) is 0 Å². The highest BCUT2D eigenvalue weighted by Gasteiger charge is 2.20. The van der Waals surface area contributed by atoms with E-state index >= 15 is 0 Å². The molecule has 0 heterocycles. The maximum Gasteiger partial charge on any atom is 0.263 e. The topological polar surface area (TPSA) is 55.6 Å². The van der Waals surface area contributed by atoms with Gasteiger partial charge in [0.25, 0.3) is 5.91 Å². The summed E-state index contributed by atoms with van der Waals surface area (Å²) in [5.41, 5.74) is 6.01. The molecule has 1 amide bonds. The van der Waals surface area contributed by atoms with E-state index in [0.717, 1.165) is 10.9 Å². The van der Waals surface area contributed by atoms with E-state index < -0.39 is 6.10 Å². The van der Waals surface area contributed by atoms with Crippen LogP contribution < -0.4 is 10.5 Å². The zero-order chi connectivity index (χ0) is 16.0. The fourth-order valence-electron chi connectivity index (χ4n) is 1.86. The van der Waals surface area contributed by atoms with Gasteiger partial charge in [0.15, 0.2) is 6.10 Å². The highest BCUT2D eigenvalue weighted by Crippen LogP contribution is 2.17. The van der Waals surface area contributed by atoms with E-state index in [9.17, 15) is 4.79 Å². The van der Waals surface area contributed by atoms with Crippen molar-refractivity contribution in [3.63, 3.8) is 0 Å². The summed E-state index contributed by atoms with van der Waals surface area (Å²) in [6.45, 7) is 6.59. The zero-order valence-corrected chi connectivity index (χ0v) is 14.8. The van der Waals surface area contributed by atoms with Crippen LogP contribution in [0.4, 0.5) is 0 Å². The van der Waals surface area contributed by atoms with Crippen LogP contribution in [0.5, 0.6) is 5.75 Å². The van der Waals surface area contributed by atoms with Crippen molar-refractivity contribution in [3.05, 3.63) is 28.7 Å². The Bertz CT molecular complexity index is 448. The molecule has 0 spiro atoms. The third-order valence-electron chi connectivity index (χ3n) is 3.50. The number of nitrogens with zero attached hydrogens (tertiary/aromatic N) is 1. The Kier molecular flexibility index (Phi) is 7.18. The molecule has 0 saturated carbocycles. The molecular weight excluding hydrogens is 332 g/mol. The van der Waals surface area contributed by atoms with Crippen LogP contribution in [0.1, 0.15) is 27.2 Å². The Balaban J connectivity index is 2.47. The third-order valence-corrected chi connectivity index (χ3v) is 4.03. The first-order chi connectivity index (χ1) is 9.81. The average molecular weight is 357 g/mol. The van der Waals surface area contributed by atoms with Crippen molar-refractivity contribution in [1.82, 2.24) is 4.90 Å². The lowest BCUT2D eigenvalue weighted by Gasteiger charge is -2.24. The summed E-state index contributed by atoms with van der Waals surface area (Å²) < 4.78 is 6.64. The standard InChI is InChI=1S/C16H25BrN2O2/c1-11(2)15(18)9-10-19(4)16(20)12(3)21-14-7-5-13(17)6-8-14/h5-8,11-12,15H,9-10,18H2,1-4H3. The summed E-state index contributed by atoms with van der Waals surface area (Å²) in [5.74, 6) is 1.07. The lowest BCUT2D eigenvalue weighted by molar-refractivity contribution is -0.136. The molecule has 0 aromatic heterocycles. The first-order valence-corrected chi connectivity index (χ1v) is 8.03. The first kappa shape index (κ1) is 18.0. The maximum absolute atomic E-state index is 12.2. The SMILES string of the molecule is CC(Oc1ccc(Br)cc1)C(=O)N(C)CCC(N)C(C)C. The Morgan fingerprint density at radius 2 is 1.86 bits per heavy atom. The number of carbonyl (C=O) groups is 1. The summed E-state index contributed by atoms with van der Waals surface area (Å²) in [6, 6.07) is 7.56. The molecule has 1 aromatic rings. The smallest absolute Gasteiger partial charge is 0.263 e. The predicted octanol–water partition coefficient (Wildman–Crippen LogP) is 3.05. The Hall–Kier alpha value is -1.07. The van der Waals surface area contributed by atoms with E-state index in [2.05, 4.69) is 29.8 Å². The Morgan fingerprint density at radius 3 is 2.38 bits per heavy atom. The van der Waals surface area contributed by atoms with Crippen LogP contribution in [0, 0.1) is 5.92 Å². The van der Waals surface area contributed by atoms with Crippen LogP contribution in [0.3, 0.4) is 0 Å². The van der Waals surface area contributed by atoms with E-state index in [1.54, 1.807) is 18.9 Å². The zero-order valence-electron chi connectivity index (χ0n) is 13.2. The number of amides is 1. The van der Waals surface area contributed by atoms with E-state index in [-0.39, 0.29) is 11.9 Å². The molecule has 2 atom stereocenters. The molecule has 1 rings (SSSR count). The second-order valence-corrected chi connectivity index (χ2v) is 6.59. The van der Waals surface area contributed by atoms with Gasteiger partial charge < -0.3 is 15.4 Å². The minimum atomic E-state index is -0.508. The highest BCUT2D eigenvalue weighted by molar-refractivity contribution is 9.10. The molecule has 0 fully saturated rings. The van der Waals surface area contributed by atoms with Crippen LogP contribution in [0.15, 0.2) is 28.7 Å². The summed E-state index contributed by atoms with van der Waals surface area (Å²) >= 11 is 3.37. The quantitative estimate of drug-likeness (QED) is 0.816. The van der Waals surface area contributed by atoms with Gasteiger partial charge in [0.1, 0.15) is 5.75 Å². The second-order valence-electron chi connectivity index (χ2n) is 5.67. The van der Waals surface area contributed by atoms with Crippen LogP contribution in [0.25, 0.3) is 0 Å². The van der Waals surface area contributed by atoms with Gasteiger partial charge in [-0.2, -0.15) is 0 Å². The van der Waals surface area contributed by atoms with E-state index in [1.165, 1.54) is 0 Å². The van der Waals surface area contributed by atoms with Gasteiger partial charge in [-0.25, -0.2) is 0 Å². The van der Waals surface area contributed by atoms with Crippen LogP contribution >= 0.6 is 15.9 Å². The van der Waals surface area contributed by atoms with Gasteiger partial charge in [-0.15, -0.1) is 0 Å². The number of nitrogens with two attached hydrogens (primary N) is 1. The lowest BCUT2D eigenvalue weighted by atomic mass is 10.0. The molecule has 4 nitrogen and oxygen atoms in total. The third kappa shape index (κ3) is 6.06. The predicted molar refractivity (Wildman–Crippen MR) is 89.3 cm³/mol. The molecule has 2 N–H and O–H groups in total. The van der Waals surface area contributed by atoms with Crippen molar-refractivity contribution in [1.29, 1.82) is 0 Å². The minimum absolute atomic E-state index is 0.0334. The number of likely N-dealkylation sites (N-methyl/N-ethyl adjacent to an activating group) is 1. The molecule has 0 saturated heterocycles. The fourth-order valence-corrected chi connectivity index (χ4v) is 2.13. The molecule has 5 heteroatoms. The average Bonchev–Trinajstić information content (AvgIpc) is 2.45. The van der Waals surface area contributed by atoms with Gasteiger partial charge in [0.2, 0.25) is 0 Å². The normalized spacial score (nSPS) is 13.9. The van der Waals surface area contributed by atoms with E-state index in [1.807, 2.05) is 24.3 Å². The van der Waals surface area contributed by atoms with Crippen LogP contribution in [-0.4, -0.2) is 36.5 Å². The molecule has 21 heavy (non-hydrogen) atoms. The first-order valence-electron chi connectivity index (χ1n) is 7.24. The number of ether oxygens (including phenoxy) is 1. The minimum Gasteiger partial charge on any atom is -0.481 e. The van der Waals surface area contributed by atoms with Crippen molar-refractivity contribution in [3.8, 4) is 5.75 Å². The molecule has 2 unspecified atom stereocenters. The molecule has 118 valence electrons. The van der Waals surface area contributed by atoms with Crippen molar-refractivity contribution in [2.45, 2.75) is 39.3 Å². The molecule has 0 aliphatic rings. The maximum atomic E-state index is 12.2. The van der Waals surface area contributed by atoms with Crippen molar-refractivity contribution in [2.24, 2.45) is 11.7 Å². The summed E-state index contributed by atoms with van der Waals surface area (Å²) in [7, 11) is 1.79. The number of hydrogen-bond donors (Lipinski definition) is 1. The Morgan fingerprint density at radius 1 is 1.29 bits per heavy atom. The molecule has 0 bridgehead atoms. The number of hydrogen-bond acceptors (Lipinski definition) is 3. The largest absolute Gasteiger partial charge is 0.481 e. The summed E-state index contributed by atoms with van der Waals surface area (Å²) in [5, 5.41) is 0. The van der Waals surface area contributed by atoms with Crippen LogP contribution in [0.2, 0.25) is 0 Å². The van der Waals surface area contributed by atoms with Crippen molar-refractivity contribution >= 4 is 21.8 Å². The molecular formula is C16H25BrN2O2. The number of carbonyl (C=O) groups excluding carboxylic acids is 1. The van der Waals surface area contributed by atoms with Gasteiger partial charge in [-0.05, 0) is 43.5 Å². The summed E-state index contributed by atoms with van der Waals surface area (Å²) in [4.78, 5) is 13.9. The molecule has 1 aromatic carbocycles. The Labute approximate surface area is 135 Å². The van der Waals surface area contributed by atoms with Gasteiger partial charge in [-0.1, -0.05) is 29.8 Å². The molecule has 0 aliphatic carbocycles.